The highest BCUT2D eigenvalue weighted by Crippen LogP contribution is 2.29. The predicted molar refractivity (Wildman–Crippen MR) is 29.1 cm³/mol. The van der Waals surface area contributed by atoms with Gasteiger partial charge in [-0.2, -0.15) is 0 Å². The van der Waals surface area contributed by atoms with Crippen LogP contribution in [0.1, 0.15) is 25.7 Å². The molecule has 47 valence electrons. The lowest BCUT2D eigenvalue weighted by Crippen LogP contribution is -2.05. The van der Waals surface area contributed by atoms with Crippen molar-refractivity contribution < 1.29 is 10.2 Å². The van der Waals surface area contributed by atoms with Crippen molar-refractivity contribution in [1.82, 2.24) is 0 Å². The van der Waals surface area contributed by atoms with Crippen LogP contribution in [-0.2, 0) is 0 Å². The Balaban J connectivity index is 2.24. The molecule has 0 heterocycles. The SMILES string of the molecule is O[C](O)C1CCCC1. The third-order valence-electron chi connectivity index (χ3n) is 1.72. The van der Waals surface area contributed by atoms with Gasteiger partial charge >= 0.3 is 0 Å². The summed E-state index contributed by atoms with van der Waals surface area (Å²) in [7, 11) is 0. The summed E-state index contributed by atoms with van der Waals surface area (Å²) in [6.07, 6.45) is 3.86. The maximum Gasteiger partial charge on any atom is 0.221 e. The van der Waals surface area contributed by atoms with E-state index in [9.17, 15) is 0 Å². The molecule has 1 aliphatic carbocycles. The molecule has 2 heteroatoms. The summed E-state index contributed by atoms with van der Waals surface area (Å²) in [5.74, 6) is 0.0926. The Bertz CT molecular complexity index is 64.9. The lowest BCUT2D eigenvalue weighted by atomic mass is 10.1. The smallest absolute Gasteiger partial charge is 0.221 e. The molecule has 1 saturated carbocycles. The fraction of sp³-hybridized carbons (Fsp3) is 0.833. The monoisotopic (exact) mass is 115 g/mol. The first-order chi connectivity index (χ1) is 3.80. The summed E-state index contributed by atoms with van der Waals surface area (Å²) < 4.78 is 0. The van der Waals surface area contributed by atoms with Crippen molar-refractivity contribution in [3.8, 4) is 0 Å². The van der Waals surface area contributed by atoms with Gasteiger partial charge in [0.25, 0.3) is 0 Å². The molecule has 1 rings (SSSR count). The van der Waals surface area contributed by atoms with E-state index in [2.05, 4.69) is 0 Å². The number of rotatable bonds is 1. The van der Waals surface area contributed by atoms with Crippen LogP contribution in [0.3, 0.4) is 0 Å². The molecule has 0 aliphatic heterocycles. The Labute approximate surface area is 49.1 Å². The molecule has 0 unspecified atom stereocenters. The van der Waals surface area contributed by atoms with Gasteiger partial charge in [-0.1, -0.05) is 12.8 Å². The van der Waals surface area contributed by atoms with Gasteiger partial charge in [0.05, 0.1) is 0 Å². The number of aliphatic hydroxyl groups excluding tert-OH is 1. The van der Waals surface area contributed by atoms with Crippen molar-refractivity contribution >= 4 is 0 Å². The van der Waals surface area contributed by atoms with E-state index in [1.807, 2.05) is 0 Å². The summed E-state index contributed by atoms with van der Waals surface area (Å²) in [6.45, 7) is 0. The molecule has 2 nitrogen and oxygen atoms in total. The quantitative estimate of drug-likeness (QED) is 0.542. The normalized spacial score (nSPS) is 22.9. The van der Waals surface area contributed by atoms with Gasteiger partial charge in [-0.15, -0.1) is 0 Å². The maximum absolute atomic E-state index is 8.52. The molecule has 8 heavy (non-hydrogen) atoms. The molecule has 1 fully saturated rings. The standard InChI is InChI=1S/C6H11O2/c7-6(8)5-3-1-2-4-5/h5,7-8H,1-4H2. The van der Waals surface area contributed by atoms with E-state index >= 15 is 0 Å². The fourth-order valence-corrected chi connectivity index (χ4v) is 1.18. The van der Waals surface area contributed by atoms with Crippen LogP contribution in [-0.4, -0.2) is 10.2 Å². The van der Waals surface area contributed by atoms with Crippen molar-refractivity contribution in [1.29, 1.82) is 0 Å². The van der Waals surface area contributed by atoms with Crippen LogP contribution in [0.5, 0.6) is 0 Å². The lowest BCUT2D eigenvalue weighted by Gasteiger charge is -2.06. The van der Waals surface area contributed by atoms with Crippen molar-refractivity contribution in [2.24, 2.45) is 5.92 Å². The highest BCUT2D eigenvalue weighted by molar-refractivity contribution is 4.77. The van der Waals surface area contributed by atoms with Crippen molar-refractivity contribution in [2.45, 2.75) is 25.7 Å². The Kier molecular flexibility index (Phi) is 1.86. The van der Waals surface area contributed by atoms with E-state index < -0.39 is 0 Å². The van der Waals surface area contributed by atoms with Gasteiger partial charge in [-0.3, -0.25) is 0 Å². The predicted octanol–water partition coefficient (Wildman–Crippen LogP) is 1.41. The zero-order chi connectivity index (χ0) is 5.98. The number of hydrogen-bond acceptors (Lipinski definition) is 2. The molecule has 0 spiro atoms. The summed E-state index contributed by atoms with van der Waals surface area (Å²) >= 11 is 0. The van der Waals surface area contributed by atoms with Crippen molar-refractivity contribution in [2.75, 3.05) is 0 Å². The van der Waals surface area contributed by atoms with Gasteiger partial charge in [0.15, 0.2) is 0 Å². The lowest BCUT2D eigenvalue weighted by molar-refractivity contribution is 0.0355. The molecule has 0 aromatic heterocycles. The highest BCUT2D eigenvalue weighted by Gasteiger charge is 2.21. The third kappa shape index (κ3) is 1.20. The molecule has 0 bridgehead atoms. The second kappa shape index (κ2) is 2.46. The molecule has 0 aromatic carbocycles. The van der Waals surface area contributed by atoms with E-state index in [4.69, 9.17) is 10.2 Å². The first-order valence-corrected chi connectivity index (χ1v) is 3.05. The second-order valence-corrected chi connectivity index (χ2v) is 2.34. The summed E-state index contributed by atoms with van der Waals surface area (Å²) in [5.41, 5.74) is 0. The van der Waals surface area contributed by atoms with Gasteiger partial charge in [0, 0.05) is 5.92 Å². The van der Waals surface area contributed by atoms with Gasteiger partial charge in [-0.05, 0) is 12.8 Å². The minimum absolute atomic E-state index is 0.0926. The zero-order valence-electron chi connectivity index (χ0n) is 4.80. The van der Waals surface area contributed by atoms with E-state index in [0.29, 0.717) is 0 Å². The average Bonchev–Trinajstić information content (AvgIpc) is 2.12. The van der Waals surface area contributed by atoms with Crippen LogP contribution >= 0.6 is 0 Å². The summed E-state index contributed by atoms with van der Waals surface area (Å²) in [4.78, 5) is 0. The maximum atomic E-state index is 8.52. The molecular weight excluding hydrogens is 104 g/mol. The zero-order valence-corrected chi connectivity index (χ0v) is 4.80. The molecule has 1 aliphatic rings. The van der Waals surface area contributed by atoms with Crippen LogP contribution in [0.25, 0.3) is 0 Å². The average molecular weight is 115 g/mol. The van der Waals surface area contributed by atoms with Crippen molar-refractivity contribution in [3.63, 3.8) is 0 Å². The topological polar surface area (TPSA) is 40.5 Å². The van der Waals surface area contributed by atoms with E-state index in [1.54, 1.807) is 0 Å². The van der Waals surface area contributed by atoms with Crippen LogP contribution in [0.2, 0.25) is 0 Å². The van der Waals surface area contributed by atoms with E-state index in [0.717, 1.165) is 25.7 Å². The Morgan fingerprint density at radius 1 is 1.12 bits per heavy atom. The van der Waals surface area contributed by atoms with Gasteiger partial charge < -0.3 is 10.2 Å². The second-order valence-electron chi connectivity index (χ2n) is 2.34. The first kappa shape index (κ1) is 6.05. The molecular formula is C6H11O2. The van der Waals surface area contributed by atoms with Gasteiger partial charge in [-0.25, -0.2) is 0 Å². The Morgan fingerprint density at radius 2 is 1.62 bits per heavy atom. The molecule has 2 N–H and O–H groups in total. The number of hydrogen-bond donors (Lipinski definition) is 2. The van der Waals surface area contributed by atoms with E-state index in [-0.39, 0.29) is 12.2 Å². The molecule has 1 radical (unpaired) electrons. The summed E-state index contributed by atoms with van der Waals surface area (Å²) in [5, 5.41) is 17.0. The van der Waals surface area contributed by atoms with Crippen LogP contribution in [0.4, 0.5) is 0 Å². The van der Waals surface area contributed by atoms with Gasteiger partial charge in [0.2, 0.25) is 6.29 Å². The van der Waals surface area contributed by atoms with Crippen LogP contribution in [0.15, 0.2) is 0 Å². The minimum atomic E-state index is -0.359. The first-order valence-electron chi connectivity index (χ1n) is 3.05. The van der Waals surface area contributed by atoms with Crippen LogP contribution < -0.4 is 0 Å². The molecule has 0 amide bonds. The number of aliphatic hydroxyl groups is 2. The van der Waals surface area contributed by atoms with Crippen molar-refractivity contribution in [3.05, 3.63) is 6.29 Å². The Morgan fingerprint density at radius 3 is 1.88 bits per heavy atom. The third-order valence-corrected chi connectivity index (χ3v) is 1.72. The van der Waals surface area contributed by atoms with Crippen LogP contribution in [0, 0.1) is 12.2 Å². The minimum Gasteiger partial charge on any atom is -0.361 e. The Hall–Kier alpha value is -0.0800. The van der Waals surface area contributed by atoms with Gasteiger partial charge in [0.1, 0.15) is 0 Å². The molecule has 0 saturated heterocycles. The highest BCUT2D eigenvalue weighted by atomic mass is 16.5. The fourth-order valence-electron chi connectivity index (χ4n) is 1.18. The molecule has 0 aromatic rings. The molecule has 0 atom stereocenters. The largest absolute Gasteiger partial charge is 0.361 e. The summed E-state index contributed by atoms with van der Waals surface area (Å²) in [6, 6.07) is 0. The van der Waals surface area contributed by atoms with E-state index in [1.165, 1.54) is 0 Å².